The lowest BCUT2D eigenvalue weighted by atomic mass is 9.95. The lowest BCUT2D eigenvalue weighted by Gasteiger charge is -2.27. The normalized spacial score (nSPS) is 25.5. The summed E-state index contributed by atoms with van der Waals surface area (Å²) in [6.07, 6.45) is 1.26. The van der Waals surface area contributed by atoms with Crippen LogP contribution in [-0.4, -0.2) is 30.2 Å². The number of ketones is 1. The lowest BCUT2D eigenvalue weighted by Crippen LogP contribution is -2.39. The van der Waals surface area contributed by atoms with Crippen LogP contribution in [0.3, 0.4) is 0 Å². The van der Waals surface area contributed by atoms with E-state index in [9.17, 15) is 9.59 Å². The smallest absolute Gasteiger partial charge is 0.222 e. The third kappa shape index (κ3) is 1.79. The summed E-state index contributed by atoms with van der Waals surface area (Å²) in [5, 5.41) is 0. The van der Waals surface area contributed by atoms with E-state index in [0.717, 1.165) is 6.42 Å². The highest BCUT2D eigenvalue weighted by Crippen LogP contribution is 2.16. The predicted octanol–water partition coefficient (Wildman–Crippen LogP) is 0.444. The molecule has 1 unspecified atom stereocenters. The Bertz CT molecular complexity index is 189. The van der Waals surface area contributed by atoms with Gasteiger partial charge in [-0.05, 0) is 13.3 Å². The second kappa shape index (κ2) is 3.03. The molecule has 0 aromatic heterocycles. The van der Waals surface area contributed by atoms with Gasteiger partial charge in [0.25, 0.3) is 0 Å². The SMILES string of the molecule is CC(=O)C1CCC(=O)N(C)C1. The number of Topliss-reactive ketones (excluding diaryl/α,β-unsaturated/α-hetero) is 1. The van der Waals surface area contributed by atoms with Gasteiger partial charge >= 0.3 is 0 Å². The van der Waals surface area contributed by atoms with E-state index in [1.807, 2.05) is 0 Å². The topological polar surface area (TPSA) is 37.4 Å². The molecule has 0 aromatic rings. The highest BCUT2D eigenvalue weighted by atomic mass is 16.2. The maximum absolute atomic E-state index is 11.0. The van der Waals surface area contributed by atoms with Crippen LogP contribution in [0.2, 0.25) is 0 Å². The van der Waals surface area contributed by atoms with Crippen LogP contribution < -0.4 is 0 Å². The maximum Gasteiger partial charge on any atom is 0.222 e. The molecule has 1 saturated heterocycles. The van der Waals surface area contributed by atoms with Gasteiger partial charge in [0.2, 0.25) is 5.91 Å². The van der Waals surface area contributed by atoms with Crippen LogP contribution in [0.15, 0.2) is 0 Å². The molecule has 1 fully saturated rings. The Morgan fingerprint density at radius 3 is 2.73 bits per heavy atom. The Labute approximate surface area is 66.4 Å². The Kier molecular flexibility index (Phi) is 2.27. The zero-order valence-corrected chi connectivity index (χ0v) is 6.96. The summed E-state index contributed by atoms with van der Waals surface area (Å²) in [4.78, 5) is 23.5. The van der Waals surface area contributed by atoms with Gasteiger partial charge in [0.1, 0.15) is 5.78 Å². The summed E-state index contributed by atoms with van der Waals surface area (Å²) >= 11 is 0. The second-order valence-electron chi connectivity index (χ2n) is 3.12. The number of carbonyl (C=O) groups is 2. The highest BCUT2D eigenvalue weighted by Gasteiger charge is 2.25. The van der Waals surface area contributed by atoms with E-state index in [2.05, 4.69) is 0 Å². The number of hydrogen-bond donors (Lipinski definition) is 0. The van der Waals surface area contributed by atoms with E-state index in [1.54, 1.807) is 18.9 Å². The van der Waals surface area contributed by atoms with Gasteiger partial charge in [-0.2, -0.15) is 0 Å². The van der Waals surface area contributed by atoms with Crippen LogP contribution >= 0.6 is 0 Å². The van der Waals surface area contributed by atoms with Crippen molar-refractivity contribution < 1.29 is 9.59 Å². The molecule has 0 saturated carbocycles. The molecule has 62 valence electrons. The number of likely N-dealkylation sites (tertiary alicyclic amines) is 1. The van der Waals surface area contributed by atoms with Gasteiger partial charge in [-0.15, -0.1) is 0 Å². The molecule has 1 atom stereocenters. The molecule has 3 heteroatoms. The Hall–Kier alpha value is -0.860. The molecule has 0 radical (unpaired) electrons. The fraction of sp³-hybridized carbons (Fsp3) is 0.750. The Balaban J connectivity index is 2.52. The van der Waals surface area contributed by atoms with Crippen LogP contribution in [0.5, 0.6) is 0 Å². The van der Waals surface area contributed by atoms with E-state index in [-0.39, 0.29) is 17.6 Å². The van der Waals surface area contributed by atoms with Gasteiger partial charge in [0.15, 0.2) is 0 Å². The molecule has 1 aliphatic rings. The summed E-state index contributed by atoms with van der Waals surface area (Å²) in [6, 6.07) is 0. The molecule has 1 amide bonds. The highest BCUT2D eigenvalue weighted by molar-refractivity contribution is 5.83. The molecule has 0 aliphatic carbocycles. The molecule has 0 aromatic carbocycles. The average Bonchev–Trinajstić information content (AvgIpc) is 1.94. The number of carbonyl (C=O) groups excluding carboxylic acids is 2. The third-order valence-corrected chi connectivity index (χ3v) is 2.20. The fourth-order valence-electron chi connectivity index (χ4n) is 1.34. The first-order chi connectivity index (χ1) is 5.11. The minimum absolute atomic E-state index is 0.0812. The van der Waals surface area contributed by atoms with Gasteiger partial charge in [-0.1, -0.05) is 0 Å². The summed E-state index contributed by atoms with van der Waals surface area (Å²) < 4.78 is 0. The van der Waals surface area contributed by atoms with Crippen molar-refractivity contribution in [2.24, 2.45) is 5.92 Å². The summed E-state index contributed by atoms with van der Waals surface area (Å²) in [6.45, 7) is 2.20. The van der Waals surface area contributed by atoms with Gasteiger partial charge in [0, 0.05) is 25.9 Å². The van der Waals surface area contributed by atoms with Crippen LogP contribution in [0.25, 0.3) is 0 Å². The van der Waals surface area contributed by atoms with Crippen molar-refractivity contribution in [2.45, 2.75) is 19.8 Å². The quantitative estimate of drug-likeness (QED) is 0.551. The van der Waals surface area contributed by atoms with Crippen LogP contribution in [-0.2, 0) is 9.59 Å². The minimum atomic E-state index is 0.0812. The van der Waals surface area contributed by atoms with Gasteiger partial charge in [-0.3, -0.25) is 9.59 Å². The van der Waals surface area contributed by atoms with Crippen molar-refractivity contribution in [1.29, 1.82) is 0 Å². The van der Waals surface area contributed by atoms with Crippen molar-refractivity contribution in [1.82, 2.24) is 4.90 Å². The fourth-order valence-corrected chi connectivity index (χ4v) is 1.34. The van der Waals surface area contributed by atoms with Gasteiger partial charge < -0.3 is 4.90 Å². The monoisotopic (exact) mass is 155 g/mol. The first-order valence-electron chi connectivity index (χ1n) is 3.85. The first-order valence-corrected chi connectivity index (χ1v) is 3.85. The molecule has 1 rings (SSSR count). The standard InChI is InChI=1S/C8H13NO2/c1-6(10)7-3-4-8(11)9(2)5-7/h7H,3-5H2,1-2H3. The van der Waals surface area contributed by atoms with E-state index < -0.39 is 0 Å². The lowest BCUT2D eigenvalue weighted by molar-refractivity contribution is -0.135. The molecule has 0 N–H and O–H groups in total. The molecule has 0 bridgehead atoms. The minimum Gasteiger partial charge on any atom is -0.345 e. The first kappa shape index (κ1) is 8.24. The van der Waals surface area contributed by atoms with E-state index in [4.69, 9.17) is 0 Å². The molecular weight excluding hydrogens is 142 g/mol. The molecule has 1 heterocycles. The van der Waals surface area contributed by atoms with Crippen LogP contribution in [0, 0.1) is 5.92 Å². The number of nitrogens with zero attached hydrogens (tertiary/aromatic N) is 1. The van der Waals surface area contributed by atoms with E-state index >= 15 is 0 Å². The average molecular weight is 155 g/mol. The molecule has 0 spiro atoms. The van der Waals surface area contributed by atoms with Crippen molar-refractivity contribution in [3.8, 4) is 0 Å². The Morgan fingerprint density at radius 1 is 1.64 bits per heavy atom. The van der Waals surface area contributed by atoms with Crippen molar-refractivity contribution in [2.75, 3.05) is 13.6 Å². The molecule has 1 aliphatic heterocycles. The van der Waals surface area contributed by atoms with Crippen molar-refractivity contribution in [3.05, 3.63) is 0 Å². The van der Waals surface area contributed by atoms with Gasteiger partial charge in [0.05, 0.1) is 0 Å². The van der Waals surface area contributed by atoms with E-state index in [0.29, 0.717) is 13.0 Å². The summed E-state index contributed by atoms with van der Waals surface area (Å²) in [7, 11) is 1.75. The largest absolute Gasteiger partial charge is 0.345 e. The van der Waals surface area contributed by atoms with Crippen LogP contribution in [0.1, 0.15) is 19.8 Å². The van der Waals surface area contributed by atoms with Crippen LogP contribution in [0.4, 0.5) is 0 Å². The Morgan fingerprint density at radius 2 is 2.27 bits per heavy atom. The van der Waals surface area contributed by atoms with Crippen molar-refractivity contribution in [3.63, 3.8) is 0 Å². The maximum atomic E-state index is 11.0. The second-order valence-corrected chi connectivity index (χ2v) is 3.12. The number of hydrogen-bond acceptors (Lipinski definition) is 2. The molecule has 3 nitrogen and oxygen atoms in total. The predicted molar refractivity (Wildman–Crippen MR) is 41.0 cm³/mol. The van der Waals surface area contributed by atoms with Crippen molar-refractivity contribution >= 4 is 11.7 Å². The number of piperidine rings is 1. The number of rotatable bonds is 1. The number of amides is 1. The molecule has 11 heavy (non-hydrogen) atoms. The zero-order valence-electron chi connectivity index (χ0n) is 6.96. The summed E-state index contributed by atoms with van der Waals surface area (Å²) in [5.74, 6) is 0.435. The third-order valence-electron chi connectivity index (χ3n) is 2.20. The molecular formula is C8H13NO2. The zero-order chi connectivity index (χ0) is 8.43. The van der Waals surface area contributed by atoms with E-state index in [1.165, 1.54) is 0 Å². The summed E-state index contributed by atoms with van der Waals surface area (Å²) in [5.41, 5.74) is 0. The van der Waals surface area contributed by atoms with Gasteiger partial charge in [-0.25, -0.2) is 0 Å².